The number of thioether (sulfide) groups is 1. The molecule has 0 aliphatic carbocycles. The van der Waals surface area contributed by atoms with E-state index in [2.05, 4.69) is 15.5 Å². The van der Waals surface area contributed by atoms with Crippen molar-refractivity contribution in [2.75, 3.05) is 10.7 Å². The highest BCUT2D eigenvalue weighted by atomic mass is 32.2. The van der Waals surface area contributed by atoms with Crippen molar-refractivity contribution in [3.63, 3.8) is 0 Å². The van der Waals surface area contributed by atoms with Gasteiger partial charge in [-0.1, -0.05) is 65.5 Å². The molecule has 2 heterocycles. The Morgan fingerprint density at radius 2 is 1.64 bits per heavy atom. The van der Waals surface area contributed by atoms with Crippen molar-refractivity contribution >= 4 is 46.7 Å². The molecule has 0 unspecified atom stereocenters. The number of amides is 2. The predicted molar refractivity (Wildman–Crippen MR) is 143 cm³/mol. The van der Waals surface area contributed by atoms with Crippen LogP contribution in [0.1, 0.15) is 28.7 Å². The first-order valence-electron chi connectivity index (χ1n) is 11.6. The van der Waals surface area contributed by atoms with Gasteiger partial charge < -0.3 is 9.88 Å². The maximum Gasteiger partial charge on any atom is 0.251 e. The first kappa shape index (κ1) is 24.1. The summed E-state index contributed by atoms with van der Waals surface area (Å²) in [6.07, 6.45) is 0. The number of rotatable bonds is 7. The Morgan fingerprint density at radius 3 is 2.31 bits per heavy atom. The largest absolute Gasteiger partial charge is 0.345 e. The third-order valence-electron chi connectivity index (χ3n) is 5.80. The van der Waals surface area contributed by atoms with E-state index in [0.29, 0.717) is 23.1 Å². The molecular weight excluding hydrogens is 490 g/mol. The highest BCUT2D eigenvalue weighted by Crippen LogP contribution is 2.48. The molecular formula is C27H25N5O2S2. The molecule has 36 heavy (non-hydrogen) atoms. The van der Waals surface area contributed by atoms with E-state index >= 15 is 0 Å². The van der Waals surface area contributed by atoms with Crippen LogP contribution in [0.15, 0.2) is 87.7 Å². The molecule has 0 saturated heterocycles. The maximum atomic E-state index is 13.5. The van der Waals surface area contributed by atoms with Gasteiger partial charge in [0.05, 0.1) is 23.7 Å². The fraction of sp³-hybridized carbons (Fsp3) is 0.185. The summed E-state index contributed by atoms with van der Waals surface area (Å²) < 4.78 is 1.93. The Bertz CT molecular complexity index is 1390. The number of aromatic nitrogens is 3. The topological polar surface area (TPSA) is 80.1 Å². The molecule has 2 amide bonds. The first-order chi connectivity index (χ1) is 17.5. The standard InChI is InChI=1S/C27H25N5O2S2/c1-3-31-24(16-28-26(34)19-10-8-9-18(2)15-19)29-30-27(31)35-17-25(33)32-20-11-4-6-13-22(20)36-23-14-7-5-12-21(23)32/h4-15H,3,16-17H2,1-2H3,(H,28,34). The second-order valence-corrected chi connectivity index (χ2v) is 10.3. The zero-order valence-corrected chi connectivity index (χ0v) is 21.6. The number of anilines is 2. The average molecular weight is 516 g/mol. The Kier molecular flexibility index (Phi) is 7.11. The van der Waals surface area contributed by atoms with Crippen LogP contribution in [0.2, 0.25) is 0 Å². The first-order valence-corrected chi connectivity index (χ1v) is 13.4. The smallest absolute Gasteiger partial charge is 0.251 e. The summed E-state index contributed by atoms with van der Waals surface area (Å²) in [5.74, 6) is 0.675. The van der Waals surface area contributed by atoms with Gasteiger partial charge in [-0.3, -0.25) is 14.5 Å². The van der Waals surface area contributed by atoms with Gasteiger partial charge in [0, 0.05) is 21.9 Å². The minimum absolute atomic E-state index is 0.0276. The molecule has 0 spiro atoms. The van der Waals surface area contributed by atoms with Crippen LogP contribution in [-0.2, 0) is 17.9 Å². The van der Waals surface area contributed by atoms with E-state index in [1.165, 1.54) is 11.8 Å². The molecule has 1 aliphatic rings. The van der Waals surface area contributed by atoms with Crippen LogP contribution >= 0.6 is 23.5 Å². The lowest BCUT2D eigenvalue weighted by molar-refractivity contribution is -0.115. The Morgan fingerprint density at radius 1 is 0.944 bits per heavy atom. The summed E-state index contributed by atoms with van der Waals surface area (Å²) in [5, 5.41) is 12.2. The van der Waals surface area contributed by atoms with Gasteiger partial charge >= 0.3 is 0 Å². The molecule has 182 valence electrons. The van der Waals surface area contributed by atoms with Crippen molar-refractivity contribution in [2.45, 2.75) is 41.9 Å². The van der Waals surface area contributed by atoms with E-state index in [0.717, 1.165) is 26.7 Å². The molecule has 3 aromatic carbocycles. The van der Waals surface area contributed by atoms with Crippen molar-refractivity contribution < 1.29 is 9.59 Å². The van der Waals surface area contributed by atoms with Gasteiger partial charge in [0.15, 0.2) is 11.0 Å². The molecule has 1 N–H and O–H groups in total. The number of para-hydroxylation sites is 2. The maximum absolute atomic E-state index is 13.5. The quantitative estimate of drug-likeness (QED) is 0.329. The van der Waals surface area contributed by atoms with E-state index in [1.54, 1.807) is 22.7 Å². The number of nitrogens with one attached hydrogen (secondary N) is 1. The lowest BCUT2D eigenvalue weighted by Gasteiger charge is -2.30. The van der Waals surface area contributed by atoms with Crippen LogP contribution in [0.4, 0.5) is 11.4 Å². The SMILES string of the molecule is CCn1c(CNC(=O)c2cccc(C)c2)nnc1SCC(=O)N1c2ccccc2Sc2ccccc21. The number of carbonyl (C=O) groups excluding carboxylic acids is 2. The van der Waals surface area contributed by atoms with Crippen LogP contribution in [0.25, 0.3) is 0 Å². The molecule has 0 radical (unpaired) electrons. The summed E-state index contributed by atoms with van der Waals surface area (Å²) in [6, 6.07) is 23.4. The lowest BCUT2D eigenvalue weighted by Crippen LogP contribution is -2.30. The summed E-state index contributed by atoms with van der Waals surface area (Å²) in [5.41, 5.74) is 3.42. The van der Waals surface area contributed by atoms with Gasteiger partial charge in [-0.05, 0) is 50.2 Å². The molecule has 1 aromatic heterocycles. The van der Waals surface area contributed by atoms with Crippen LogP contribution in [0, 0.1) is 6.92 Å². The van der Waals surface area contributed by atoms with Crippen molar-refractivity contribution in [3.05, 3.63) is 89.7 Å². The third kappa shape index (κ3) is 4.89. The second kappa shape index (κ2) is 10.6. The monoisotopic (exact) mass is 515 g/mol. The molecule has 5 rings (SSSR count). The van der Waals surface area contributed by atoms with Crippen molar-refractivity contribution in [2.24, 2.45) is 0 Å². The number of hydrogen-bond donors (Lipinski definition) is 1. The number of aryl methyl sites for hydroxylation is 1. The van der Waals surface area contributed by atoms with Gasteiger partial charge in [0.25, 0.3) is 5.91 Å². The zero-order valence-electron chi connectivity index (χ0n) is 20.0. The van der Waals surface area contributed by atoms with E-state index in [4.69, 9.17) is 0 Å². The van der Waals surface area contributed by atoms with Crippen LogP contribution in [0.3, 0.4) is 0 Å². The minimum Gasteiger partial charge on any atom is -0.345 e. The average Bonchev–Trinajstić information content (AvgIpc) is 3.30. The molecule has 0 bridgehead atoms. The second-order valence-electron chi connectivity index (χ2n) is 8.25. The zero-order chi connectivity index (χ0) is 25.1. The van der Waals surface area contributed by atoms with Crippen molar-refractivity contribution in [1.29, 1.82) is 0 Å². The summed E-state index contributed by atoms with van der Waals surface area (Å²) >= 11 is 3.03. The third-order valence-corrected chi connectivity index (χ3v) is 7.89. The Balaban J connectivity index is 1.29. The highest BCUT2D eigenvalue weighted by molar-refractivity contribution is 8.00. The number of nitrogens with zero attached hydrogens (tertiary/aromatic N) is 4. The Hall–Kier alpha value is -3.56. The van der Waals surface area contributed by atoms with Gasteiger partial charge in [-0.2, -0.15) is 0 Å². The number of fused-ring (bicyclic) bond motifs is 2. The van der Waals surface area contributed by atoms with E-state index in [-0.39, 0.29) is 24.1 Å². The fourth-order valence-electron chi connectivity index (χ4n) is 4.09. The molecule has 7 nitrogen and oxygen atoms in total. The molecule has 0 atom stereocenters. The fourth-order valence-corrected chi connectivity index (χ4v) is 6.01. The summed E-state index contributed by atoms with van der Waals surface area (Å²) in [7, 11) is 0. The van der Waals surface area contributed by atoms with Crippen LogP contribution in [0.5, 0.6) is 0 Å². The van der Waals surface area contributed by atoms with E-state index in [1.807, 2.05) is 85.1 Å². The van der Waals surface area contributed by atoms with Gasteiger partial charge in [-0.25, -0.2) is 0 Å². The van der Waals surface area contributed by atoms with Crippen molar-refractivity contribution in [3.8, 4) is 0 Å². The van der Waals surface area contributed by atoms with Crippen LogP contribution < -0.4 is 10.2 Å². The molecule has 1 aliphatic heterocycles. The molecule has 0 fully saturated rings. The van der Waals surface area contributed by atoms with Gasteiger partial charge in [0.2, 0.25) is 5.91 Å². The molecule has 9 heteroatoms. The summed E-state index contributed by atoms with van der Waals surface area (Å²) in [6.45, 7) is 4.84. The lowest BCUT2D eigenvalue weighted by atomic mass is 10.1. The van der Waals surface area contributed by atoms with Crippen LogP contribution in [-0.4, -0.2) is 32.3 Å². The number of hydrogen-bond acceptors (Lipinski definition) is 6. The van der Waals surface area contributed by atoms with E-state index < -0.39 is 0 Å². The van der Waals surface area contributed by atoms with Gasteiger partial charge in [-0.15, -0.1) is 10.2 Å². The predicted octanol–water partition coefficient (Wildman–Crippen LogP) is 5.46. The van der Waals surface area contributed by atoms with E-state index in [9.17, 15) is 9.59 Å². The normalized spacial score (nSPS) is 12.1. The van der Waals surface area contributed by atoms with Gasteiger partial charge in [0.1, 0.15) is 0 Å². The molecule has 4 aromatic rings. The Labute approximate surface area is 218 Å². The highest BCUT2D eigenvalue weighted by Gasteiger charge is 2.28. The molecule has 0 saturated carbocycles. The number of benzene rings is 3. The minimum atomic E-state index is -0.158. The van der Waals surface area contributed by atoms with Crippen molar-refractivity contribution in [1.82, 2.24) is 20.1 Å². The summed E-state index contributed by atoms with van der Waals surface area (Å²) in [4.78, 5) is 29.9. The number of carbonyl (C=O) groups is 2.